The van der Waals surface area contributed by atoms with E-state index in [4.69, 9.17) is 4.74 Å². The van der Waals surface area contributed by atoms with Crippen LogP contribution in [0.5, 0.6) is 5.75 Å². The fraction of sp³-hybridized carbons (Fsp3) is 0.500. The summed E-state index contributed by atoms with van der Waals surface area (Å²) >= 11 is 0. The highest BCUT2D eigenvalue weighted by atomic mass is 16.5. The Balaban J connectivity index is 1.86. The molecule has 0 radical (unpaired) electrons. The Kier molecular flexibility index (Phi) is 5.60. The number of anilines is 1. The number of benzene rings is 1. The molecule has 1 N–H and O–H groups in total. The molecule has 0 saturated carbocycles. The van der Waals surface area contributed by atoms with E-state index < -0.39 is 0 Å². The summed E-state index contributed by atoms with van der Waals surface area (Å²) in [5.74, 6) is 0.633. The van der Waals surface area contributed by atoms with Gasteiger partial charge in [-0.25, -0.2) is 0 Å². The minimum absolute atomic E-state index is 0.00111. The van der Waals surface area contributed by atoms with Crippen molar-refractivity contribution in [1.82, 2.24) is 5.32 Å². The number of nitrogens with one attached hydrogen (secondary N) is 1. The molecule has 1 saturated heterocycles. The molecule has 1 heterocycles. The minimum atomic E-state index is -0.119. The Morgan fingerprint density at radius 3 is 3.00 bits per heavy atom. The lowest BCUT2D eigenvalue weighted by molar-refractivity contribution is -0.123. The highest BCUT2D eigenvalue weighted by molar-refractivity contribution is 5.95. The summed E-state index contributed by atoms with van der Waals surface area (Å²) in [4.78, 5) is 25.1. The van der Waals surface area contributed by atoms with Gasteiger partial charge in [0.25, 0.3) is 5.91 Å². The normalized spacial score (nSPS) is 14.3. The van der Waals surface area contributed by atoms with Crippen LogP contribution in [0.2, 0.25) is 0 Å². The first-order valence-electron chi connectivity index (χ1n) is 7.50. The van der Waals surface area contributed by atoms with Crippen molar-refractivity contribution in [3.8, 4) is 5.75 Å². The van der Waals surface area contributed by atoms with Gasteiger partial charge in [0.1, 0.15) is 5.75 Å². The van der Waals surface area contributed by atoms with Crippen molar-refractivity contribution in [2.45, 2.75) is 32.6 Å². The van der Waals surface area contributed by atoms with Crippen LogP contribution >= 0.6 is 0 Å². The quantitative estimate of drug-likeness (QED) is 0.782. The lowest BCUT2D eigenvalue weighted by atomic mass is 10.3. The van der Waals surface area contributed by atoms with Crippen LogP contribution in [0, 0.1) is 0 Å². The number of carbonyl (C=O) groups excluding carboxylic acids is 2. The molecule has 1 aromatic carbocycles. The Morgan fingerprint density at radius 2 is 2.29 bits per heavy atom. The van der Waals surface area contributed by atoms with Crippen molar-refractivity contribution in [3.63, 3.8) is 0 Å². The SMILES string of the molecule is CCCCNC(=O)COc1cccc(N2CCCC2=O)c1. The van der Waals surface area contributed by atoms with E-state index in [1.807, 2.05) is 18.2 Å². The number of nitrogens with zero attached hydrogens (tertiary/aromatic N) is 1. The first kappa shape index (κ1) is 15.4. The van der Waals surface area contributed by atoms with Crippen molar-refractivity contribution in [2.75, 3.05) is 24.6 Å². The molecule has 0 spiro atoms. The van der Waals surface area contributed by atoms with Gasteiger partial charge in [-0.3, -0.25) is 9.59 Å². The molecule has 0 atom stereocenters. The number of amides is 2. The molecule has 1 aromatic rings. The summed E-state index contributed by atoms with van der Waals surface area (Å²) in [6.45, 7) is 3.51. The maximum atomic E-state index is 11.7. The van der Waals surface area contributed by atoms with Crippen LogP contribution in [0.1, 0.15) is 32.6 Å². The lowest BCUT2D eigenvalue weighted by Gasteiger charge is -2.16. The number of ether oxygens (including phenoxy) is 1. The van der Waals surface area contributed by atoms with Gasteiger partial charge in [-0.05, 0) is 25.0 Å². The number of rotatable bonds is 7. The molecule has 2 rings (SSSR count). The Bertz CT molecular complexity index is 502. The highest BCUT2D eigenvalue weighted by Gasteiger charge is 2.21. The number of hydrogen-bond acceptors (Lipinski definition) is 3. The fourth-order valence-corrected chi connectivity index (χ4v) is 2.27. The number of unbranched alkanes of at least 4 members (excludes halogenated alkanes) is 1. The van der Waals surface area contributed by atoms with Gasteiger partial charge in [0.2, 0.25) is 5.91 Å². The van der Waals surface area contributed by atoms with E-state index >= 15 is 0 Å². The minimum Gasteiger partial charge on any atom is -0.484 e. The summed E-state index contributed by atoms with van der Waals surface area (Å²) in [7, 11) is 0. The predicted octanol–water partition coefficient (Wildman–Crippen LogP) is 2.11. The Morgan fingerprint density at radius 1 is 1.43 bits per heavy atom. The molecule has 21 heavy (non-hydrogen) atoms. The summed E-state index contributed by atoms with van der Waals surface area (Å²) in [6.07, 6.45) is 3.51. The van der Waals surface area contributed by atoms with Gasteiger partial charge in [0.15, 0.2) is 6.61 Å². The zero-order chi connectivity index (χ0) is 15.1. The van der Waals surface area contributed by atoms with Crippen LogP contribution in [0.25, 0.3) is 0 Å². The van der Waals surface area contributed by atoms with Gasteiger partial charge in [-0.2, -0.15) is 0 Å². The van der Waals surface area contributed by atoms with Gasteiger partial charge >= 0.3 is 0 Å². The molecule has 0 aliphatic carbocycles. The first-order valence-corrected chi connectivity index (χ1v) is 7.50. The standard InChI is InChI=1S/C16H22N2O3/c1-2-3-9-17-15(19)12-21-14-7-4-6-13(11-14)18-10-5-8-16(18)20/h4,6-7,11H,2-3,5,8-10,12H2,1H3,(H,17,19). The second kappa shape index (κ2) is 7.67. The molecule has 0 unspecified atom stereocenters. The first-order chi connectivity index (χ1) is 10.2. The predicted molar refractivity (Wildman–Crippen MR) is 81.4 cm³/mol. The third kappa shape index (κ3) is 4.48. The van der Waals surface area contributed by atoms with E-state index in [2.05, 4.69) is 12.2 Å². The second-order valence-corrected chi connectivity index (χ2v) is 5.14. The molecule has 1 fully saturated rings. The van der Waals surface area contributed by atoms with Crippen LogP contribution in [-0.4, -0.2) is 31.5 Å². The lowest BCUT2D eigenvalue weighted by Crippen LogP contribution is -2.29. The summed E-state index contributed by atoms with van der Waals surface area (Å²) in [5.41, 5.74) is 0.835. The largest absolute Gasteiger partial charge is 0.484 e. The van der Waals surface area contributed by atoms with Crippen LogP contribution in [0.3, 0.4) is 0 Å². The van der Waals surface area contributed by atoms with Crippen LogP contribution < -0.4 is 15.0 Å². The fourth-order valence-electron chi connectivity index (χ4n) is 2.27. The summed E-state index contributed by atoms with van der Waals surface area (Å²) in [6, 6.07) is 7.33. The second-order valence-electron chi connectivity index (χ2n) is 5.14. The van der Waals surface area contributed by atoms with E-state index in [0.717, 1.165) is 31.5 Å². The van der Waals surface area contributed by atoms with E-state index in [1.54, 1.807) is 11.0 Å². The highest BCUT2D eigenvalue weighted by Crippen LogP contribution is 2.25. The van der Waals surface area contributed by atoms with Crippen LogP contribution in [0.4, 0.5) is 5.69 Å². The van der Waals surface area contributed by atoms with Crippen molar-refractivity contribution in [3.05, 3.63) is 24.3 Å². The molecule has 0 aromatic heterocycles. The average molecular weight is 290 g/mol. The zero-order valence-corrected chi connectivity index (χ0v) is 12.4. The third-order valence-corrected chi connectivity index (χ3v) is 3.43. The van der Waals surface area contributed by atoms with Crippen molar-refractivity contribution in [1.29, 1.82) is 0 Å². The molecule has 0 bridgehead atoms. The van der Waals surface area contributed by atoms with Crippen LogP contribution in [-0.2, 0) is 9.59 Å². The van der Waals surface area contributed by atoms with Crippen molar-refractivity contribution >= 4 is 17.5 Å². The maximum Gasteiger partial charge on any atom is 0.257 e. The number of carbonyl (C=O) groups is 2. The van der Waals surface area contributed by atoms with Gasteiger partial charge in [-0.15, -0.1) is 0 Å². The van der Waals surface area contributed by atoms with Gasteiger partial charge < -0.3 is 15.0 Å². The topological polar surface area (TPSA) is 58.6 Å². The van der Waals surface area contributed by atoms with E-state index in [-0.39, 0.29) is 18.4 Å². The third-order valence-electron chi connectivity index (χ3n) is 3.43. The van der Waals surface area contributed by atoms with E-state index in [9.17, 15) is 9.59 Å². The van der Waals surface area contributed by atoms with E-state index in [0.29, 0.717) is 18.7 Å². The Labute approximate surface area is 125 Å². The zero-order valence-electron chi connectivity index (χ0n) is 12.4. The summed E-state index contributed by atoms with van der Waals surface area (Å²) < 4.78 is 5.48. The van der Waals surface area contributed by atoms with Crippen LogP contribution in [0.15, 0.2) is 24.3 Å². The molecule has 1 aliphatic rings. The summed E-state index contributed by atoms with van der Waals surface area (Å²) in [5, 5.41) is 2.80. The Hall–Kier alpha value is -2.04. The molecule has 5 nitrogen and oxygen atoms in total. The van der Waals surface area contributed by atoms with Gasteiger partial charge in [0, 0.05) is 31.3 Å². The molecular formula is C16H22N2O3. The monoisotopic (exact) mass is 290 g/mol. The molecule has 5 heteroatoms. The number of hydrogen-bond donors (Lipinski definition) is 1. The van der Waals surface area contributed by atoms with Gasteiger partial charge in [0.05, 0.1) is 0 Å². The van der Waals surface area contributed by atoms with Crippen molar-refractivity contribution < 1.29 is 14.3 Å². The molecule has 2 amide bonds. The average Bonchev–Trinajstić information content (AvgIpc) is 2.92. The smallest absolute Gasteiger partial charge is 0.257 e. The molecular weight excluding hydrogens is 268 g/mol. The molecule has 114 valence electrons. The van der Waals surface area contributed by atoms with Crippen molar-refractivity contribution in [2.24, 2.45) is 0 Å². The van der Waals surface area contributed by atoms with Gasteiger partial charge in [-0.1, -0.05) is 19.4 Å². The van der Waals surface area contributed by atoms with E-state index in [1.165, 1.54) is 0 Å². The maximum absolute atomic E-state index is 11.7. The molecule has 1 aliphatic heterocycles.